The fraction of sp³-hybridized carbons (Fsp3) is 0.316. The number of amides is 1. The van der Waals surface area contributed by atoms with Crippen LogP contribution in [0.1, 0.15) is 30.9 Å². The second kappa shape index (κ2) is 4.51. The van der Waals surface area contributed by atoms with Gasteiger partial charge < -0.3 is 14.6 Å². The van der Waals surface area contributed by atoms with Crippen LogP contribution in [0.15, 0.2) is 46.9 Å². The highest BCUT2D eigenvalue weighted by Crippen LogP contribution is 2.52. The Hall–Kier alpha value is -2.49. The van der Waals surface area contributed by atoms with Gasteiger partial charge in [0.1, 0.15) is 17.2 Å². The number of para-hydroxylation sites is 1. The van der Waals surface area contributed by atoms with Gasteiger partial charge in [0, 0.05) is 11.1 Å². The third-order valence-electron chi connectivity index (χ3n) is 5.13. The van der Waals surface area contributed by atoms with E-state index in [2.05, 4.69) is 48.3 Å². The Kier molecular flexibility index (Phi) is 2.77. The Morgan fingerprint density at radius 2 is 2.00 bits per heavy atom. The topological polar surface area (TPSA) is 45.5 Å². The van der Waals surface area contributed by atoms with Crippen molar-refractivity contribution in [1.29, 1.82) is 0 Å². The van der Waals surface area contributed by atoms with Crippen LogP contribution in [0.25, 0.3) is 6.08 Å². The smallest absolute Gasteiger partial charge is 0.241 e. The maximum atomic E-state index is 12.2. The highest BCUT2D eigenvalue weighted by atomic mass is 16.3. The minimum Gasteiger partial charge on any atom is -0.462 e. The third kappa shape index (κ3) is 1.81. The molecule has 2 aliphatic heterocycles. The molecule has 1 unspecified atom stereocenters. The Balaban J connectivity index is 1.84. The minimum absolute atomic E-state index is 0.0489. The summed E-state index contributed by atoms with van der Waals surface area (Å²) in [5, 5.41) is 3.20. The first-order valence-electron chi connectivity index (χ1n) is 7.88. The van der Waals surface area contributed by atoms with E-state index >= 15 is 0 Å². The van der Waals surface area contributed by atoms with E-state index in [1.807, 2.05) is 31.2 Å². The van der Waals surface area contributed by atoms with Crippen LogP contribution in [0.4, 0.5) is 5.69 Å². The molecule has 4 nitrogen and oxygen atoms in total. The van der Waals surface area contributed by atoms with Crippen molar-refractivity contribution in [3.05, 3.63) is 59.6 Å². The molecule has 3 heterocycles. The third-order valence-corrected chi connectivity index (χ3v) is 5.13. The number of hydrogen-bond donors (Lipinski definition) is 1. The van der Waals surface area contributed by atoms with Crippen molar-refractivity contribution in [2.45, 2.75) is 31.8 Å². The van der Waals surface area contributed by atoms with Gasteiger partial charge in [-0.15, -0.1) is 0 Å². The summed E-state index contributed by atoms with van der Waals surface area (Å²) in [5.41, 5.74) is 1.57. The SMILES string of the molecule is Cc1ccc(/C=C/C23NC(=O)CN2c2ccccc2C3(C)C)o1. The maximum absolute atomic E-state index is 12.2. The highest BCUT2D eigenvalue weighted by molar-refractivity contribution is 5.91. The molecule has 0 saturated carbocycles. The van der Waals surface area contributed by atoms with Crippen molar-refractivity contribution in [3.8, 4) is 0 Å². The number of anilines is 1. The van der Waals surface area contributed by atoms with Gasteiger partial charge in [-0.2, -0.15) is 0 Å². The van der Waals surface area contributed by atoms with Crippen molar-refractivity contribution in [2.24, 2.45) is 0 Å². The molecule has 0 spiro atoms. The van der Waals surface area contributed by atoms with Gasteiger partial charge >= 0.3 is 0 Å². The van der Waals surface area contributed by atoms with Crippen LogP contribution in [-0.4, -0.2) is 18.1 Å². The van der Waals surface area contributed by atoms with E-state index in [-0.39, 0.29) is 11.3 Å². The largest absolute Gasteiger partial charge is 0.462 e. The van der Waals surface area contributed by atoms with Crippen molar-refractivity contribution >= 4 is 17.7 Å². The molecule has 1 aromatic carbocycles. The zero-order valence-electron chi connectivity index (χ0n) is 13.6. The van der Waals surface area contributed by atoms with Crippen LogP contribution in [0.5, 0.6) is 0 Å². The molecule has 1 aromatic heterocycles. The molecule has 2 aromatic rings. The van der Waals surface area contributed by atoms with Crippen molar-refractivity contribution in [2.75, 3.05) is 11.4 Å². The first-order valence-corrected chi connectivity index (χ1v) is 7.88. The second-order valence-corrected chi connectivity index (χ2v) is 6.82. The lowest BCUT2D eigenvalue weighted by atomic mass is 9.75. The van der Waals surface area contributed by atoms with Crippen molar-refractivity contribution < 1.29 is 9.21 Å². The predicted molar refractivity (Wildman–Crippen MR) is 90.2 cm³/mol. The molecular weight excluding hydrogens is 288 g/mol. The second-order valence-electron chi connectivity index (χ2n) is 6.82. The lowest BCUT2D eigenvalue weighted by Crippen LogP contribution is -2.58. The van der Waals surface area contributed by atoms with E-state index in [1.165, 1.54) is 5.56 Å². The molecular formula is C19H20N2O2. The van der Waals surface area contributed by atoms with Crippen LogP contribution >= 0.6 is 0 Å². The molecule has 0 aliphatic carbocycles. The number of benzene rings is 1. The number of carbonyl (C=O) groups is 1. The molecule has 1 amide bonds. The maximum Gasteiger partial charge on any atom is 0.241 e. The highest BCUT2D eigenvalue weighted by Gasteiger charge is 2.59. The Labute approximate surface area is 135 Å². The van der Waals surface area contributed by atoms with E-state index in [9.17, 15) is 4.79 Å². The number of rotatable bonds is 2. The summed E-state index contributed by atoms with van der Waals surface area (Å²) in [6.07, 6.45) is 4.02. The lowest BCUT2D eigenvalue weighted by molar-refractivity contribution is -0.118. The summed E-state index contributed by atoms with van der Waals surface area (Å²) in [7, 11) is 0. The summed E-state index contributed by atoms with van der Waals surface area (Å²) >= 11 is 0. The molecule has 1 saturated heterocycles. The van der Waals surface area contributed by atoms with Gasteiger partial charge in [-0.1, -0.05) is 32.0 Å². The number of fused-ring (bicyclic) bond motifs is 3. The fourth-order valence-electron chi connectivity index (χ4n) is 3.89. The summed E-state index contributed by atoms with van der Waals surface area (Å²) in [6, 6.07) is 12.2. The van der Waals surface area contributed by atoms with Crippen LogP contribution in [0, 0.1) is 6.92 Å². The van der Waals surface area contributed by atoms with E-state index in [1.54, 1.807) is 0 Å². The van der Waals surface area contributed by atoms with Crippen molar-refractivity contribution in [1.82, 2.24) is 5.32 Å². The van der Waals surface area contributed by atoms with Gasteiger partial charge in [0.25, 0.3) is 0 Å². The summed E-state index contributed by atoms with van der Waals surface area (Å²) in [6.45, 7) is 6.65. The van der Waals surface area contributed by atoms with Crippen molar-refractivity contribution in [3.63, 3.8) is 0 Å². The van der Waals surface area contributed by atoms with Crippen LogP contribution in [-0.2, 0) is 10.2 Å². The molecule has 4 heteroatoms. The van der Waals surface area contributed by atoms with E-state index in [0.717, 1.165) is 17.2 Å². The molecule has 4 rings (SSSR count). The molecule has 1 atom stereocenters. The summed E-state index contributed by atoms with van der Waals surface area (Å²) in [4.78, 5) is 14.3. The number of aryl methyl sites for hydroxylation is 1. The number of nitrogens with one attached hydrogen (secondary N) is 1. The van der Waals surface area contributed by atoms with Crippen LogP contribution in [0.3, 0.4) is 0 Å². The van der Waals surface area contributed by atoms with Gasteiger partial charge in [-0.25, -0.2) is 0 Å². The number of carbonyl (C=O) groups excluding carboxylic acids is 1. The van der Waals surface area contributed by atoms with E-state index in [4.69, 9.17) is 4.42 Å². The Bertz CT molecular complexity index is 818. The van der Waals surface area contributed by atoms with Crippen LogP contribution < -0.4 is 10.2 Å². The van der Waals surface area contributed by atoms with Gasteiger partial charge in [0.05, 0.1) is 6.54 Å². The Morgan fingerprint density at radius 3 is 2.74 bits per heavy atom. The van der Waals surface area contributed by atoms with Gasteiger partial charge in [0.2, 0.25) is 5.91 Å². The normalized spacial score (nSPS) is 24.8. The fourth-order valence-corrected chi connectivity index (χ4v) is 3.89. The van der Waals surface area contributed by atoms with Gasteiger partial charge in [0.15, 0.2) is 0 Å². The van der Waals surface area contributed by atoms with Crippen LogP contribution in [0.2, 0.25) is 0 Å². The quantitative estimate of drug-likeness (QED) is 0.926. The van der Waals surface area contributed by atoms with Gasteiger partial charge in [-0.3, -0.25) is 4.79 Å². The zero-order valence-corrected chi connectivity index (χ0v) is 13.6. The molecule has 1 N–H and O–H groups in total. The molecule has 2 aliphatic rings. The Morgan fingerprint density at radius 1 is 1.22 bits per heavy atom. The first-order chi connectivity index (χ1) is 10.9. The minimum atomic E-state index is -0.561. The molecule has 0 radical (unpaired) electrons. The number of furan rings is 1. The van der Waals surface area contributed by atoms with E-state index in [0.29, 0.717) is 6.54 Å². The predicted octanol–water partition coefficient (Wildman–Crippen LogP) is 3.23. The molecule has 1 fully saturated rings. The molecule has 0 bridgehead atoms. The monoisotopic (exact) mass is 308 g/mol. The summed E-state index contributed by atoms with van der Waals surface area (Å²) in [5.74, 6) is 1.72. The van der Waals surface area contributed by atoms with Gasteiger partial charge in [-0.05, 0) is 42.8 Å². The zero-order chi connectivity index (χ0) is 16.2. The van der Waals surface area contributed by atoms with E-state index < -0.39 is 5.66 Å². The summed E-state index contributed by atoms with van der Waals surface area (Å²) < 4.78 is 5.64. The molecule has 23 heavy (non-hydrogen) atoms. The lowest BCUT2D eigenvalue weighted by Gasteiger charge is -2.40. The average molecular weight is 308 g/mol. The number of hydrogen-bond acceptors (Lipinski definition) is 3. The molecule has 118 valence electrons. The number of nitrogens with zero attached hydrogens (tertiary/aromatic N) is 1. The first kappa shape index (κ1) is 14.1. The standard InChI is InChI=1S/C19H20N2O2/c1-13-8-9-14(23-13)10-11-19-18(2,3)15-6-4-5-7-16(15)21(19)12-17(22)20-19/h4-11H,12H2,1-3H3,(H,20,22)/b11-10+. The average Bonchev–Trinajstić information content (AvgIpc) is 3.13.